The van der Waals surface area contributed by atoms with Gasteiger partial charge in [-0.25, -0.2) is 0 Å². The summed E-state index contributed by atoms with van der Waals surface area (Å²) in [6, 6.07) is 19.8. The first-order valence-corrected chi connectivity index (χ1v) is 10.1. The number of aliphatic imine (C=N–C) groups is 1. The van der Waals surface area contributed by atoms with Crippen molar-refractivity contribution in [2.45, 2.75) is 19.0 Å². The van der Waals surface area contributed by atoms with Crippen molar-refractivity contribution in [1.29, 1.82) is 0 Å². The van der Waals surface area contributed by atoms with Crippen molar-refractivity contribution >= 4 is 17.3 Å². The van der Waals surface area contributed by atoms with Crippen LogP contribution in [0.5, 0.6) is 0 Å². The van der Waals surface area contributed by atoms with E-state index in [-0.39, 0.29) is 0 Å². The second-order valence-corrected chi connectivity index (χ2v) is 7.38. The average Bonchev–Trinajstić information content (AvgIpc) is 3.44. The Hall–Kier alpha value is -2.95. The topological polar surface area (TPSA) is 42.9 Å². The minimum Gasteiger partial charge on any atom is -0.369 e. The summed E-state index contributed by atoms with van der Waals surface area (Å²) in [6.45, 7) is 4.84. The van der Waals surface area contributed by atoms with Gasteiger partial charge in [-0.15, -0.1) is 0 Å². The van der Waals surface area contributed by atoms with E-state index in [1.165, 1.54) is 16.9 Å². The number of guanidine groups is 1. The van der Waals surface area contributed by atoms with Crippen molar-refractivity contribution in [1.82, 2.24) is 10.6 Å². The van der Waals surface area contributed by atoms with E-state index in [1.54, 1.807) is 0 Å². The lowest BCUT2D eigenvalue weighted by Crippen LogP contribution is -2.44. The highest BCUT2D eigenvalue weighted by Crippen LogP contribution is 2.20. The molecule has 0 aliphatic carbocycles. The Kier molecular flexibility index (Phi) is 5.80. The minimum atomic E-state index is 0.411. The third-order valence-corrected chi connectivity index (χ3v) is 5.43. The lowest BCUT2D eigenvalue weighted by molar-refractivity contribution is 0.648. The van der Waals surface area contributed by atoms with E-state index in [4.69, 9.17) is 0 Å². The van der Waals surface area contributed by atoms with Crippen molar-refractivity contribution in [3.05, 3.63) is 72.3 Å². The first-order valence-electron chi connectivity index (χ1n) is 10.1. The summed E-state index contributed by atoms with van der Waals surface area (Å²) in [6.07, 6.45) is 5.56. The molecule has 146 valence electrons. The fraction of sp³-hybridized carbons (Fsp3) is 0.348. The third kappa shape index (κ3) is 4.47. The number of hydrogen-bond acceptors (Lipinski definition) is 3. The average molecular weight is 376 g/mol. The zero-order valence-corrected chi connectivity index (χ0v) is 16.5. The number of rotatable bonds is 5. The maximum Gasteiger partial charge on any atom is 0.191 e. The van der Waals surface area contributed by atoms with Gasteiger partial charge in [-0.05, 0) is 36.2 Å². The van der Waals surface area contributed by atoms with Crippen LogP contribution in [-0.2, 0) is 6.54 Å². The van der Waals surface area contributed by atoms with Crippen molar-refractivity contribution in [2.75, 3.05) is 43.0 Å². The molecule has 0 amide bonds. The number of anilines is 2. The molecule has 2 N–H and O–H groups in total. The number of benzene rings is 2. The molecule has 5 nitrogen and oxygen atoms in total. The van der Waals surface area contributed by atoms with Gasteiger partial charge in [0.1, 0.15) is 0 Å². The predicted molar refractivity (Wildman–Crippen MR) is 118 cm³/mol. The molecule has 1 atom stereocenters. The summed E-state index contributed by atoms with van der Waals surface area (Å²) in [5.41, 5.74) is 3.84. The van der Waals surface area contributed by atoms with Gasteiger partial charge in [0.15, 0.2) is 5.96 Å². The Balaban J connectivity index is 1.29. The molecule has 1 fully saturated rings. The van der Waals surface area contributed by atoms with E-state index in [0.29, 0.717) is 6.04 Å². The highest BCUT2D eigenvalue weighted by atomic mass is 15.2. The van der Waals surface area contributed by atoms with Crippen LogP contribution in [0.4, 0.5) is 11.4 Å². The SMILES string of the molecule is CN=C(NCc1cccc(N2CC=CC2)c1)NC1CCN(c2ccccc2)C1. The quantitative estimate of drug-likeness (QED) is 0.479. The molecule has 0 saturated carbocycles. The van der Waals surface area contributed by atoms with Crippen molar-refractivity contribution in [3.63, 3.8) is 0 Å². The molecule has 2 aromatic carbocycles. The van der Waals surface area contributed by atoms with Crippen molar-refractivity contribution in [3.8, 4) is 0 Å². The molecule has 1 saturated heterocycles. The Morgan fingerprint density at radius 1 is 1.00 bits per heavy atom. The second-order valence-electron chi connectivity index (χ2n) is 7.38. The molecule has 4 rings (SSSR count). The van der Waals surface area contributed by atoms with E-state index in [1.807, 2.05) is 7.05 Å². The molecule has 2 heterocycles. The predicted octanol–water partition coefficient (Wildman–Crippen LogP) is 3.01. The highest BCUT2D eigenvalue weighted by Gasteiger charge is 2.23. The largest absolute Gasteiger partial charge is 0.369 e. The number of nitrogens with zero attached hydrogens (tertiary/aromatic N) is 3. The van der Waals surface area contributed by atoms with E-state index < -0.39 is 0 Å². The van der Waals surface area contributed by atoms with Crippen LogP contribution in [0.1, 0.15) is 12.0 Å². The molecule has 0 bridgehead atoms. The Morgan fingerprint density at radius 3 is 2.57 bits per heavy atom. The first kappa shape index (κ1) is 18.4. The molecular formula is C23H29N5. The summed E-state index contributed by atoms with van der Waals surface area (Å²) in [4.78, 5) is 9.22. The van der Waals surface area contributed by atoms with E-state index in [9.17, 15) is 0 Å². The second kappa shape index (κ2) is 8.83. The van der Waals surface area contributed by atoms with Crippen LogP contribution in [0.3, 0.4) is 0 Å². The van der Waals surface area contributed by atoms with Crippen LogP contribution in [0.25, 0.3) is 0 Å². The molecule has 0 aromatic heterocycles. The van der Waals surface area contributed by atoms with Crippen molar-refractivity contribution < 1.29 is 0 Å². The number of nitrogens with one attached hydrogen (secondary N) is 2. The standard InChI is InChI=1S/C23H29N5/c1-24-23(26-20-12-15-28(18-20)21-9-3-2-4-10-21)25-17-19-8-7-11-22(16-19)27-13-5-6-14-27/h2-11,16,20H,12-15,17-18H2,1H3,(H2,24,25,26). The summed E-state index contributed by atoms with van der Waals surface area (Å²) in [5, 5.41) is 7.05. The van der Waals surface area contributed by atoms with Crippen LogP contribution in [0.15, 0.2) is 71.7 Å². The zero-order valence-electron chi connectivity index (χ0n) is 16.5. The van der Waals surface area contributed by atoms with Gasteiger partial charge in [0.05, 0.1) is 0 Å². The lowest BCUT2D eigenvalue weighted by Gasteiger charge is -2.21. The molecule has 2 aliphatic rings. The zero-order chi connectivity index (χ0) is 19.2. The van der Waals surface area contributed by atoms with Gasteiger partial charge in [0.2, 0.25) is 0 Å². The summed E-state index contributed by atoms with van der Waals surface area (Å²) in [7, 11) is 1.84. The van der Waals surface area contributed by atoms with E-state index in [2.05, 4.69) is 92.2 Å². The van der Waals surface area contributed by atoms with Crippen LogP contribution in [0.2, 0.25) is 0 Å². The molecule has 1 unspecified atom stereocenters. The fourth-order valence-electron chi connectivity index (χ4n) is 3.88. The smallest absolute Gasteiger partial charge is 0.191 e. The van der Waals surface area contributed by atoms with Gasteiger partial charge in [-0.2, -0.15) is 0 Å². The van der Waals surface area contributed by atoms with Gasteiger partial charge in [0, 0.05) is 57.2 Å². The maximum absolute atomic E-state index is 4.42. The first-order chi connectivity index (χ1) is 13.8. The van der Waals surface area contributed by atoms with Gasteiger partial charge < -0.3 is 20.4 Å². The molecule has 5 heteroatoms. The van der Waals surface area contributed by atoms with Crippen molar-refractivity contribution in [2.24, 2.45) is 4.99 Å². The lowest BCUT2D eigenvalue weighted by atomic mass is 10.2. The Labute approximate surface area is 167 Å². The molecular weight excluding hydrogens is 346 g/mol. The molecule has 2 aliphatic heterocycles. The number of hydrogen-bond donors (Lipinski definition) is 2. The van der Waals surface area contributed by atoms with E-state index >= 15 is 0 Å². The van der Waals surface area contributed by atoms with Crippen LogP contribution >= 0.6 is 0 Å². The summed E-state index contributed by atoms with van der Waals surface area (Å²) in [5.74, 6) is 0.869. The third-order valence-electron chi connectivity index (χ3n) is 5.43. The molecule has 0 radical (unpaired) electrons. The highest BCUT2D eigenvalue weighted by molar-refractivity contribution is 5.80. The van der Waals surface area contributed by atoms with E-state index in [0.717, 1.165) is 45.1 Å². The van der Waals surface area contributed by atoms with Gasteiger partial charge in [0.25, 0.3) is 0 Å². The van der Waals surface area contributed by atoms with Gasteiger partial charge >= 0.3 is 0 Å². The molecule has 28 heavy (non-hydrogen) atoms. The minimum absolute atomic E-state index is 0.411. The monoisotopic (exact) mass is 375 g/mol. The normalized spacial score (nSPS) is 19.3. The van der Waals surface area contributed by atoms with Crippen LogP contribution in [0, 0.1) is 0 Å². The van der Waals surface area contributed by atoms with Gasteiger partial charge in [-0.3, -0.25) is 4.99 Å². The molecule has 0 spiro atoms. The van der Waals surface area contributed by atoms with Crippen LogP contribution < -0.4 is 20.4 Å². The fourth-order valence-corrected chi connectivity index (χ4v) is 3.88. The van der Waals surface area contributed by atoms with Crippen LogP contribution in [-0.4, -0.2) is 45.2 Å². The molecule has 2 aromatic rings. The maximum atomic E-state index is 4.42. The Morgan fingerprint density at radius 2 is 1.79 bits per heavy atom. The summed E-state index contributed by atoms with van der Waals surface area (Å²) >= 11 is 0. The Bertz CT molecular complexity index is 822. The number of para-hydroxylation sites is 1. The van der Waals surface area contributed by atoms with Gasteiger partial charge in [-0.1, -0.05) is 42.5 Å². The summed E-state index contributed by atoms with van der Waals surface area (Å²) < 4.78 is 0.